The van der Waals surface area contributed by atoms with Gasteiger partial charge in [-0.2, -0.15) is 5.10 Å². The molecule has 0 atom stereocenters. The van der Waals surface area contributed by atoms with Crippen LogP contribution in [0.2, 0.25) is 0 Å². The van der Waals surface area contributed by atoms with Crippen molar-refractivity contribution in [3.8, 4) is 16.3 Å². The van der Waals surface area contributed by atoms with Crippen molar-refractivity contribution >= 4 is 16.5 Å². The maximum Gasteiger partial charge on any atom is 0.183 e. The first kappa shape index (κ1) is 17.9. The molecule has 4 aromatic rings. The van der Waals surface area contributed by atoms with Gasteiger partial charge in [0.1, 0.15) is 11.4 Å². The lowest BCUT2D eigenvalue weighted by molar-refractivity contribution is 0.357. The lowest BCUT2D eigenvalue weighted by Crippen LogP contribution is -1.99. The second-order valence-corrected chi connectivity index (χ2v) is 8.21. The molecular weight excluding hydrogens is 380 g/mol. The third-order valence-corrected chi connectivity index (χ3v) is 6.19. The molecule has 2 aromatic heterocycles. The van der Waals surface area contributed by atoms with Gasteiger partial charge in [-0.05, 0) is 35.7 Å². The number of thiazole rings is 1. The Morgan fingerprint density at radius 2 is 2.00 bits per heavy atom. The fourth-order valence-electron chi connectivity index (χ4n) is 3.58. The first-order valence-electron chi connectivity index (χ1n) is 9.78. The van der Waals surface area contributed by atoms with E-state index >= 15 is 0 Å². The van der Waals surface area contributed by atoms with Crippen LogP contribution in [0.25, 0.3) is 10.6 Å². The van der Waals surface area contributed by atoms with Gasteiger partial charge in [-0.15, -0.1) is 0 Å². The molecule has 1 aliphatic rings. The Bertz CT molecular complexity index is 1130. The zero-order chi connectivity index (χ0) is 19.6. The van der Waals surface area contributed by atoms with Gasteiger partial charge in [-0.1, -0.05) is 53.8 Å². The van der Waals surface area contributed by atoms with Crippen molar-refractivity contribution in [2.75, 3.05) is 11.9 Å². The van der Waals surface area contributed by atoms with Crippen LogP contribution in [0.15, 0.2) is 60.8 Å². The fourth-order valence-corrected chi connectivity index (χ4v) is 4.51. The summed E-state index contributed by atoms with van der Waals surface area (Å²) in [5.41, 5.74) is 5.76. The molecular formula is C23H22N4OS. The minimum absolute atomic E-state index is 0.752. The maximum absolute atomic E-state index is 5.58. The largest absolute Gasteiger partial charge is 0.493 e. The van der Waals surface area contributed by atoms with Crippen molar-refractivity contribution in [3.05, 3.63) is 83.2 Å². The predicted molar refractivity (Wildman–Crippen MR) is 117 cm³/mol. The Morgan fingerprint density at radius 1 is 1.10 bits per heavy atom. The normalized spacial score (nSPS) is 12.6. The molecule has 2 aromatic carbocycles. The van der Waals surface area contributed by atoms with Gasteiger partial charge in [-0.25, -0.2) is 4.98 Å². The number of nitrogens with zero attached hydrogens (tertiary/aromatic N) is 3. The SMILES string of the molecule is Cc1nc(NCc2ccc3c(c2)CCO3)sc1-c1ccn(Cc2ccccc2)n1. The van der Waals surface area contributed by atoms with E-state index in [1.54, 1.807) is 11.3 Å². The standard InChI is InChI=1S/C23H22N4OS/c1-16-22(20-9-11-27(26-20)15-17-5-3-2-4-6-17)29-23(25-16)24-14-18-7-8-21-19(13-18)10-12-28-21/h2-9,11,13H,10,12,14-15H2,1H3,(H,24,25). The van der Waals surface area contributed by atoms with Crippen LogP contribution in [0.5, 0.6) is 5.75 Å². The number of rotatable bonds is 6. The molecule has 1 N–H and O–H groups in total. The summed E-state index contributed by atoms with van der Waals surface area (Å²) in [6.45, 7) is 4.35. The summed E-state index contributed by atoms with van der Waals surface area (Å²) in [6.07, 6.45) is 3.02. The Hall–Kier alpha value is -3.12. The maximum atomic E-state index is 5.58. The number of hydrogen-bond donors (Lipinski definition) is 1. The van der Waals surface area contributed by atoms with Crippen LogP contribution in [-0.4, -0.2) is 21.4 Å². The van der Waals surface area contributed by atoms with E-state index in [1.807, 2.05) is 23.9 Å². The summed E-state index contributed by atoms with van der Waals surface area (Å²) in [5, 5.41) is 9.14. The highest BCUT2D eigenvalue weighted by Gasteiger charge is 2.14. The molecule has 0 fully saturated rings. The van der Waals surface area contributed by atoms with E-state index in [9.17, 15) is 0 Å². The van der Waals surface area contributed by atoms with Crippen molar-refractivity contribution in [3.63, 3.8) is 0 Å². The zero-order valence-electron chi connectivity index (χ0n) is 16.3. The zero-order valence-corrected chi connectivity index (χ0v) is 17.1. The number of ether oxygens (including phenoxy) is 1. The number of aryl methyl sites for hydroxylation is 1. The van der Waals surface area contributed by atoms with E-state index in [0.717, 1.165) is 53.3 Å². The molecule has 3 heterocycles. The highest BCUT2D eigenvalue weighted by Crippen LogP contribution is 2.32. The number of anilines is 1. The third kappa shape index (κ3) is 3.89. The monoisotopic (exact) mass is 402 g/mol. The summed E-state index contributed by atoms with van der Waals surface area (Å²) in [4.78, 5) is 5.81. The topological polar surface area (TPSA) is 52.0 Å². The number of nitrogens with one attached hydrogen (secondary N) is 1. The molecule has 0 saturated heterocycles. The van der Waals surface area contributed by atoms with Crippen LogP contribution in [0.1, 0.15) is 22.4 Å². The van der Waals surface area contributed by atoms with Crippen molar-refractivity contribution in [2.24, 2.45) is 0 Å². The van der Waals surface area contributed by atoms with Gasteiger partial charge in [0.15, 0.2) is 5.13 Å². The highest BCUT2D eigenvalue weighted by atomic mass is 32.1. The van der Waals surface area contributed by atoms with Gasteiger partial charge >= 0.3 is 0 Å². The molecule has 29 heavy (non-hydrogen) atoms. The van der Waals surface area contributed by atoms with Crippen LogP contribution in [-0.2, 0) is 19.5 Å². The van der Waals surface area contributed by atoms with E-state index in [0.29, 0.717) is 0 Å². The van der Waals surface area contributed by atoms with Gasteiger partial charge in [0, 0.05) is 19.2 Å². The highest BCUT2D eigenvalue weighted by molar-refractivity contribution is 7.19. The quantitative estimate of drug-likeness (QED) is 0.498. The second kappa shape index (κ2) is 7.72. The third-order valence-electron chi connectivity index (χ3n) is 5.05. The molecule has 146 valence electrons. The summed E-state index contributed by atoms with van der Waals surface area (Å²) < 4.78 is 7.56. The molecule has 1 aliphatic heterocycles. The Balaban J connectivity index is 1.28. The Kier molecular flexibility index (Phi) is 4.77. The molecule has 0 saturated carbocycles. The van der Waals surface area contributed by atoms with E-state index in [1.165, 1.54) is 16.7 Å². The number of aromatic nitrogens is 3. The van der Waals surface area contributed by atoms with Crippen LogP contribution < -0.4 is 10.1 Å². The summed E-state index contributed by atoms with van der Waals surface area (Å²) in [7, 11) is 0. The van der Waals surface area contributed by atoms with Gasteiger partial charge < -0.3 is 10.1 Å². The minimum Gasteiger partial charge on any atom is -0.493 e. The molecule has 0 bridgehead atoms. The molecule has 0 spiro atoms. The minimum atomic E-state index is 0.752. The average Bonchev–Trinajstić information content (AvgIpc) is 3.46. The molecule has 5 rings (SSSR count). The number of benzene rings is 2. The summed E-state index contributed by atoms with van der Waals surface area (Å²) in [5.74, 6) is 1.02. The van der Waals surface area contributed by atoms with Gasteiger partial charge in [0.05, 0.1) is 23.7 Å². The van der Waals surface area contributed by atoms with E-state index in [4.69, 9.17) is 14.8 Å². The number of fused-ring (bicyclic) bond motifs is 1. The Labute approximate surface area is 174 Å². The summed E-state index contributed by atoms with van der Waals surface area (Å²) >= 11 is 1.65. The van der Waals surface area contributed by atoms with Gasteiger partial charge in [-0.3, -0.25) is 4.68 Å². The smallest absolute Gasteiger partial charge is 0.183 e. The predicted octanol–water partition coefficient (Wildman–Crippen LogP) is 4.91. The van der Waals surface area contributed by atoms with Crippen LogP contribution in [0.3, 0.4) is 0 Å². The van der Waals surface area contributed by atoms with Crippen LogP contribution in [0.4, 0.5) is 5.13 Å². The first-order chi connectivity index (χ1) is 14.2. The molecule has 0 unspecified atom stereocenters. The fraction of sp³-hybridized carbons (Fsp3) is 0.217. The van der Waals surface area contributed by atoms with Crippen LogP contribution >= 0.6 is 11.3 Å². The van der Waals surface area contributed by atoms with E-state index < -0.39 is 0 Å². The van der Waals surface area contributed by atoms with Crippen molar-refractivity contribution in [1.29, 1.82) is 0 Å². The average molecular weight is 403 g/mol. The summed E-state index contributed by atoms with van der Waals surface area (Å²) in [6, 6.07) is 18.8. The molecule has 5 nitrogen and oxygen atoms in total. The Morgan fingerprint density at radius 3 is 2.90 bits per heavy atom. The van der Waals surface area contributed by atoms with Crippen molar-refractivity contribution in [2.45, 2.75) is 26.4 Å². The van der Waals surface area contributed by atoms with E-state index in [2.05, 4.69) is 53.8 Å². The van der Waals surface area contributed by atoms with Crippen LogP contribution in [0, 0.1) is 6.92 Å². The van der Waals surface area contributed by atoms with Crippen molar-refractivity contribution < 1.29 is 4.74 Å². The first-order valence-corrected chi connectivity index (χ1v) is 10.6. The molecule has 0 amide bonds. The molecule has 6 heteroatoms. The van der Waals surface area contributed by atoms with Gasteiger partial charge in [0.2, 0.25) is 0 Å². The van der Waals surface area contributed by atoms with Gasteiger partial charge in [0.25, 0.3) is 0 Å². The second-order valence-electron chi connectivity index (χ2n) is 7.21. The lowest BCUT2D eigenvalue weighted by Gasteiger charge is -2.05. The van der Waals surface area contributed by atoms with Crippen molar-refractivity contribution in [1.82, 2.24) is 14.8 Å². The lowest BCUT2D eigenvalue weighted by atomic mass is 10.1. The molecule has 0 aliphatic carbocycles. The van der Waals surface area contributed by atoms with E-state index in [-0.39, 0.29) is 0 Å². The molecule has 0 radical (unpaired) electrons. The number of hydrogen-bond acceptors (Lipinski definition) is 5.